The van der Waals surface area contributed by atoms with Crippen molar-refractivity contribution < 1.29 is 14.8 Å². The number of quaternary nitrogens is 1. The lowest BCUT2D eigenvalue weighted by Gasteiger charge is -2.36. The molecule has 30 heavy (non-hydrogen) atoms. The van der Waals surface area contributed by atoms with Crippen LogP contribution in [0.15, 0.2) is 42.1 Å². The molecule has 1 saturated heterocycles. The molecule has 1 unspecified atom stereocenters. The minimum atomic E-state index is -0.307. The molecule has 1 fully saturated rings. The van der Waals surface area contributed by atoms with Crippen molar-refractivity contribution in [1.29, 1.82) is 0 Å². The summed E-state index contributed by atoms with van der Waals surface area (Å²) in [7, 11) is 3.57. The van der Waals surface area contributed by atoms with Crippen molar-refractivity contribution in [3.8, 4) is 11.5 Å². The predicted octanol–water partition coefficient (Wildman–Crippen LogP) is 5.06. The van der Waals surface area contributed by atoms with Gasteiger partial charge in [0.15, 0.2) is 11.4 Å². The fourth-order valence-electron chi connectivity index (χ4n) is 4.65. The van der Waals surface area contributed by atoms with E-state index in [0.717, 1.165) is 49.5 Å². The SMILES string of the molecule is COc1ccc([N+]2(C)C(C)=C([N+](=O)[O-])c3ccc(O)c(N4CCCCC4)c32)cc1.Cl. The number of halogens is 1. The van der Waals surface area contributed by atoms with Crippen LogP contribution < -0.4 is 14.1 Å². The number of benzene rings is 2. The number of hydrogen-bond donors (Lipinski definition) is 1. The van der Waals surface area contributed by atoms with Crippen LogP contribution in [0.4, 0.5) is 17.1 Å². The van der Waals surface area contributed by atoms with E-state index in [1.807, 2.05) is 31.3 Å². The molecule has 1 atom stereocenters. The van der Waals surface area contributed by atoms with Crippen molar-refractivity contribution in [2.24, 2.45) is 0 Å². The van der Waals surface area contributed by atoms with Crippen LogP contribution in [0, 0.1) is 10.1 Å². The first-order chi connectivity index (χ1) is 13.9. The molecule has 2 aromatic rings. The summed E-state index contributed by atoms with van der Waals surface area (Å²) in [6.07, 6.45) is 3.25. The molecule has 4 rings (SSSR count). The van der Waals surface area contributed by atoms with E-state index in [9.17, 15) is 15.2 Å². The van der Waals surface area contributed by atoms with Crippen LogP contribution in [0.3, 0.4) is 0 Å². The van der Waals surface area contributed by atoms with Crippen molar-refractivity contribution in [2.75, 3.05) is 32.1 Å². The predicted molar refractivity (Wildman–Crippen MR) is 121 cm³/mol. The van der Waals surface area contributed by atoms with Crippen LogP contribution in [0.2, 0.25) is 0 Å². The number of phenolic OH excluding ortho intramolecular Hbond substituents is 1. The fourth-order valence-corrected chi connectivity index (χ4v) is 4.65. The van der Waals surface area contributed by atoms with Gasteiger partial charge < -0.3 is 14.7 Å². The third kappa shape index (κ3) is 3.18. The van der Waals surface area contributed by atoms with Gasteiger partial charge >= 0.3 is 5.70 Å². The first-order valence-corrected chi connectivity index (χ1v) is 9.88. The Morgan fingerprint density at radius 3 is 2.30 bits per heavy atom. The highest BCUT2D eigenvalue weighted by atomic mass is 35.5. The molecule has 7 nitrogen and oxygen atoms in total. The van der Waals surface area contributed by atoms with Gasteiger partial charge in [0.2, 0.25) is 0 Å². The monoisotopic (exact) mass is 432 g/mol. The number of aromatic hydroxyl groups is 1. The Morgan fingerprint density at radius 1 is 1.10 bits per heavy atom. The van der Waals surface area contributed by atoms with E-state index in [0.29, 0.717) is 16.9 Å². The van der Waals surface area contributed by atoms with E-state index in [1.54, 1.807) is 26.2 Å². The Bertz CT molecular complexity index is 1000. The zero-order chi connectivity index (χ0) is 20.8. The molecular weight excluding hydrogens is 406 g/mol. The molecule has 0 bridgehead atoms. The molecule has 0 saturated carbocycles. The molecule has 2 aliphatic heterocycles. The summed E-state index contributed by atoms with van der Waals surface area (Å²) >= 11 is 0. The Kier molecular flexibility index (Phi) is 5.97. The largest absolute Gasteiger partial charge is 0.506 e. The van der Waals surface area contributed by atoms with Gasteiger partial charge in [0, 0.05) is 32.1 Å². The topological polar surface area (TPSA) is 75.8 Å². The Labute approximate surface area is 182 Å². The maximum absolute atomic E-state index is 12.0. The lowest BCUT2D eigenvalue weighted by atomic mass is 10.0. The lowest BCUT2D eigenvalue weighted by molar-refractivity contribution is -0.376. The number of anilines is 1. The summed E-state index contributed by atoms with van der Waals surface area (Å²) in [6, 6.07) is 10.8. The molecule has 2 aliphatic rings. The highest BCUT2D eigenvalue weighted by Crippen LogP contribution is 2.56. The van der Waals surface area contributed by atoms with E-state index in [4.69, 9.17) is 4.74 Å². The molecule has 160 valence electrons. The van der Waals surface area contributed by atoms with Gasteiger partial charge in [0.1, 0.15) is 28.4 Å². The molecule has 2 aromatic carbocycles. The van der Waals surface area contributed by atoms with Crippen LogP contribution >= 0.6 is 12.4 Å². The number of fused-ring (bicyclic) bond motifs is 1. The summed E-state index contributed by atoms with van der Waals surface area (Å²) < 4.78 is 5.43. The number of hydrogen-bond acceptors (Lipinski definition) is 5. The molecule has 0 spiro atoms. The highest BCUT2D eigenvalue weighted by molar-refractivity contribution is 5.95. The molecule has 8 heteroatoms. The zero-order valence-corrected chi connectivity index (χ0v) is 18.2. The number of phenols is 1. The zero-order valence-electron chi connectivity index (χ0n) is 17.4. The lowest BCUT2D eigenvalue weighted by Crippen LogP contribution is -2.38. The van der Waals surface area contributed by atoms with Gasteiger partial charge in [-0.15, -0.1) is 12.4 Å². The number of methoxy groups -OCH3 is 1. The van der Waals surface area contributed by atoms with E-state index in [-0.39, 0.29) is 33.3 Å². The normalized spacial score (nSPS) is 20.6. The standard InChI is InChI=1S/C22H25N3O4.ClH/c1-15-20(24(27)28)18-11-12-19(26)21(23-13-5-4-6-14-23)22(18)25(15,2)16-7-9-17(29-3)10-8-16;/h7-12H,4-6,13-14H2,1-3H3;1H/p+1. The number of nitrogens with zero attached hydrogens (tertiary/aromatic N) is 3. The van der Waals surface area contributed by atoms with Crippen LogP contribution in [0.25, 0.3) is 5.70 Å². The molecule has 0 aromatic heterocycles. The maximum Gasteiger partial charge on any atom is 0.338 e. The summed E-state index contributed by atoms with van der Waals surface area (Å²) in [6.45, 7) is 3.47. The van der Waals surface area contributed by atoms with Crippen molar-refractivity contribution >= 4 is 35.2 Å². The van der Waals surface area contributed by atoms with E-state index >= 15 is 0 Å². The van der Waals surface area contributed by atoms with E-state index in [1.165, 1.54) is 0 Å². The second-order valence-electron chi connectivity index (χ2n) is 7.77. The van der Waals surface area contributed by atoms with Crippen LogP contribution in [0.1, 0.15) is 31.7 Å². The quantitative estimate of drug-likeness (QED) is 0.415. The smallest absolute Gasteiger partial charge is 0.338 e. The summed E-state index contributed by atoms with van der Waals surface area (Å²) in [5.41, 5.74) is 3.66. The minimum Gasteiger partial charge on any atom is -0.506 e. The third-order valence-electron chi connectivity index (χ3n) is 6.29. The summed E-state index contributed by atoms with van der Waals surface area (Å²) in [5, 5.41) is 22.8. The number of rotatable bonds is 4. The average molecular weight is 433 g/mol. The van der Waals surface area contributed by atoms with Gasteiger partial charge in [-0.3, -0.25) is 10.1 Å². The molecule has 0 amide bonds. The van der Waals surface area contributed by atoms with Crippen molar-refractivity contribution in [1.82, 2.24) is 4.48 Å². The maximum atomic E-state index is 12.0. The van der Waals surface area contributed by atoms with Gasteiger partial charge in [-0.25, -0.2) is 4.48 Å². The molecular formula is C22H27ClN3O4+. The third-order valence-corrected chi connectivity index (χ3v) is 6.29. The van der Waals surface area contributed by atoms with Gasteiger partial charge in [-0.05, 0) is 43.5 Å². The fraction of sp³-hybridized carbons (Fsp3) is 0.364. The van der Waals surface area contributed by atoms with Gasteiger partial charge in [0.05, 0.1) is 19.1 Å². The Hall–Kier alpha value is -2.77. The highest BCUT2D eigenvalue weighted by Gasteiger charge is 2.51. The molecule has 1 N–H and O–H groups in total. The first-order valence-electron chi connectivity index (χ1n) is 9.88. The second kappa shape index (κ2) is 8.16. The summed E-state index contributed by atoms with van der Waals surface area (Å²) in [4.78, 5) is 13.9. The van der Waals surface area contributed by atoms with Gasteiger partial charge in [-0.2, -0.15) is 0 Å². The molecule has 0 radical (unpaired) electrons. The summed E-state index contributed by atoms with van der Waals surface area (Å²) in [5.74, 6) is 0.893. The van der Waals surface area contributed by atoms with Crippen molar-refractivity contribution in [3.63, 3.8) is 0 Å². The molecule has 2 heterocycles. The number of allylic oxidation sites excluding steroid dienone is 1. The van der Waals surface area contributed by atoms with Gasteiger partial charge in [-0.1, -0.05) is 0 Å². The first kappa shape index (κ1) is 21.9. The number of ether oxygens (including phenoxy) is 1. The molecule has 0 aliphatic carbocycles. The van der Waals surface area contributed by atoms with Crippen LogP contribution in [0.5, 0.6) is 11.5 Å². The number of nitro groups is 1. The number of piperidine rings is 1. The minimum absolute atomic E-state index is 0. The van der Waals surface area contributed by atoms with E-state index in [2.05, 4.69) is 4.90 Å². The van der Waals surface area contributed by atoms with Crippen LogP contribution in [-0.4, -0.2) is 37.3 Å². The van der Waals surface area contributed by atoms with E-state index < -0.39 is 0 Å². The van der Waals surface area contributed by atoms with Crippen molar-refractivity contribution in [2.45, 2.75) is 26.2 Å². The Balaban J connectivity index is 0.00000256. The van der Waals surface area contributed by atoms with Crippen molar-refractivity contribution in [3.05, 3.63) is 57.8 Å². The average Bonchev–Trinajstić information content (AvgIpc) is 2.97. The Morgan fingerprint density at radius 2 is 1.73 bits per heavy atom. The second-order valence-corrected chi connectivity index (χ2v) is 7.77. The van der Waals surface area contributed by atoms with Crippen LogP contribution in [-0.2, 0) is 0 Å². The van der Waals surface area contributed by atoms with Gasteiger partial charge in [0.25, 0.3) is 0 Å².